The Kier molecular flexibility index (Phi) is 5.33. The fourth-order valence-electron chi connectivity index (χ4n) is 3.71. The average Bonchev–Trinajstić information content (AvgIpc) is 3.15. The maximum absolute atomic E-state index is 12.6. The number of nitrogens with one attached hydrogen (secondary N) is 2. The summed E-state index contributed by atoms with van der Waals surface area (Å²) in [6.07, 6.45) is 1.03. The highest BCUT2D eigenvalue weighted by Crippen LogP contribution is 2.20. The zero-order chi connectivity index (χ0) is 20.4. The van der Waals surface area contributed by atoms with Crippen LogP contribution in [0.3, 0.4) is 0 Å². The molecule has 152 valence electrons. The van der Waals surface area contributed by atoms with Crippen LogP contribution in [-0.2, 0) is 9.59 Å². The highest BCUT2D eigenvalue weighted by atomic mass is 16.2. The first-order valence-electron chi connectivity index (χ1n) is 10.0. The number of hydrogen-bond donors (Lipinski definition) is 2. The SMILES string of the molecule is Cc1ccc(Nc2nc(C)cc(N3CCN(C(=O)C4CCC(=O)N4)CC3)n2)cc1. The van der Waals surface area contributed by atoms with Gasteiger partial charge in [-0.05, 0) is 32.4 Å². The third-order valence-electron chi connectivity index (χ3n) is 5.36. The summed E-state index contributed by atoms with van der Waals surface area (Å²) in [4.78, 5) is 37.1. The van der Waals surface area contributed by atoms with E-state index in [1.54, 1.807) is 0 Å². The van der Waals surface area contributed by atoms with E-state index in [0.717, 1.165) is 17.2 Å². The number of aromatic nitrogens is 2. The molecule has 2 fully saturated rings. The van der Waals surface area contributed by atoms with Gasteiger partial charge in [0.05, 0.1) is 0 Å². The van der Waals surface area contributed by atoms with Crippen LogP contribution in [0.5, 0.6) is 0 Å². The molecule has 4 rings (SSSR count). The number of carbonyl (C=O) groups is 2. The van der Waals surface area contributed by atoms with E-state index in [1.807, 2.05) is 42.2 Å². The number of benzene rings is 1. The Morgan fingerprint density at radius 3 is 2.48 bits per heavy atom. The van der Waals surface area contributed by atoms with Crippen molar-refractivity contribution in [2.75, 3.05) is 36.4 Å². The van der Waals surface area contributed by atoms with Crippen LogP contribution >= 0.6 is 0 Å². The molecule has 8 nitrogen and oxygen atoms in total. The summed E-state index contributed by atoms with van der Waals surface area (Å²) in [5.74, 6) is 1.41. The van der Waals surface area contributed by atoms with E-state index in [0.29, 0.717) is 45.0 Å². The molecule has 0 saturated carbocycles. The molecular formula is C21H26N6O2. The van der Waals surface area contributed by atoms with Gasteiger partial charge in [0.1, 0.15) is 11.9 Å². The van der Waals surface area contributed by atoms with E-state index >= 15 is 0 Å². The molecule has 0 spiro atoms. The largest absolute Gasteiger partial charge is 0.353 e. The van der Waals surface area contributed by atoms with Gasteiger partial charge < -0.3 is 20.4 Å². The van der Waals surface area contributed by atoms with Crippen LogP contribution in [0.1, 0.15) is 24.1 Å². The molecule has 2 saturated heterocycles. The van der Waals surface area contributed by atoms with Gasteiger partial charge in [0.25, 0.3) is 0 Å². The molecule has 1 unspecified atom stereocenters. The summed E-state index contributed by atoms with van der Waals surface area (Å²) < 4.78 is 0. The van der Waals surface area contributed by atoms with E-state index in [2.05, 4.69) is 32.4 Å². The number of rotatable bonds is 4. The Labute approximate surface area is 170 Å². The second-order valence-electron chi connectivity index (χ2n) is 7.65. The summed E-state index contributed by atoms with van der Waals surface area (Å²) in [5.41, 5.74) is 3.03. The van der Waals surface area contributed by atoms with Crippen LogP contribution in [0.25, 0.3) is 0 Å². The molecule has 2 aliphatic rings. The van der Waals surface area contributed by atoms with Crippen LogP contribution in [0.4, 0.5) is 17.5 Å². The Morgan fingerprint density at radius 1 is 1.10 bits per heavy atom. The molecule has 2 amide bonds. The van der Waals surface area contributed by atoms with Crippen molar-refractivity contribution >= 4 is 29.3 Å². The lowest BCUT2D eigenvalue weighted by Crippen LogP contribution is -2.53. The van der Waals surface area contributed by atoms with Gasteiger partial charge in [0, 0.05) is 50.0 Å². The smallest absolute Gasteiger partial charge is 0.245 e. The molecule has 1 aromatic carbocycles. The normalized spacial score (nSPS) is 19.2. The number of nitrogens with zero attached hydrogens (tertiary/aromatic N) is 4. The lowest BCUT2D eigenvalue weighted by atomic mass is 10.2. The Balaban J connectivity index is 1.40. The Morgan fingerprint density at radius 2 is 1.83 bits per heavy atom. The van der Waals surface area contributed by atoms with E-state index in [1.165, 1.54) is 5.56 Å². The van der Waals surface area contributed by atoms with E-state index in [-0.39, 0.29) is 17.9 Å². The quantitative estimate of drug-likeness (QED) is 0.821. The van der Waals surface area contributed by atoms with Crippen molar-refractivity contribution in [3.05, 3.63) is 41.6 Å². The van der Waals surface area contributed by atoms with Crippen molar-refractivity contribution in [2.45, 2.75) is 32.7 Å². The minimum Gasteiger partial charge on any atom is -0.353 e. The number of carbonyl (C=O) groups excluding carboxylic acids is 2. The standard InChI is InChI=1S/C21H26N6O2/c1-14-3-5-16(6-4-14)23-21-22-15(2)13-18(25-21)26-9-11-27(12-10-26)20(29)17-7-8-19(28)24-17/h3-6,13,17H,7-12H2,1-2H3,(H,24,28)(H,22,23,25). The lowest BCUT2D eigenvalue weighted by Gasteiger charge is -2.36. The molecule has 0 radical (unpaired) electrons. The maximum Gasteiger partial charge on any atom is 0.245 e. The molecule has 8 heteroatoms. The third-order valence-corrected chi connectivity index (χ3v) is 5.36. The van der Waals surface area contributed by atoms with E-state index < -0.39 is 0 Å². The van der Waals surface area contributed by atoms with Crippen molar-refractivity contribution in [2.24, 2.45) is 0 Å². The molecule has 29 heavy (non-hydrogen) atoms. The topological polar surface area (TPSA) is 90.5 Å². The van der Waals surface area contributed by atoms with Gasteiger partial charge in [0.15, 0.2) is 0 Å². The van der Waals surface area contributed by atoms with Crippen LogP contribution < -0.4 is 15.5 Å². The summed E-state index contributed by atoms with van der Waals surface area (Å²) in [5, 5.41) is 6.03. The van der Waals surface area contributed by atoms with Crippen LogP contribution in [0.15, 0.2) is 30.3 Å². The molecule has 2 N–H and O–H groups in total. The highest BCUT2D eigenvalue weighted by molar-refractivity contribution is 5.90. The predicted octanol–water partition coefficient (Wildman–Crippen LogP) is 1.76. The van der Waals surface area contributed by atoms with Gasteiger partial charge in [-0.15, -0.1) is 0 Å². The number of aryl methyl sites for hydroxylation is 2. The van der Waals surface area contributed by atoms with Crippen molar-refractivity contribution in [1.82, 2.24) is 20.2 Å². The first-order valence-corrected chi connectivity index (χ1v) is 10.0. The minimum absolute atomic E-state index is 0.0242. The van der Waals surface area contributed by atoms with Crippen molar-refractivity contribution in [3.63, 3.8) is 0 Å². The lowest BCUT2D eigenvalue weighted by molar-refractivity contribution is -0.134. The molecule has 3 heterocycles. The van der Waals surface area contributed by atoms with Crippen molar-refractivity contribution in [3.8, 4) is 0 Å². The average molecular weight is 394 g/mol. The van der Waals surface area contributed by atoms with E-state index in [4.69, 9.17) is 0 Å². The van der Waals surface area contributed by atoms with Gasteiger partial charge in [-0.25, -0.2) is 4.98 Å². The first kappa shape index (κ1) is 19.2. The fraction of sp³-hybridized carbons (Fsp3) is 0.429. The van der Waals surface area contributed by atoms with Crippen LogP contribution in [-0.4, -0.2) is 58.9 Å². The molecule has 0 bridgehead atoms. The van der Waals surface area contributed by atoms with Gasteiger partial charge in [0.2, 0.25) is 17.8 Å². The minimum atomic E-state index is -0.361. The number of amides is 2. The summed E-state index contributed by atoms with van der Waals surface area (Å²) in [7, 11) is 0. The van der Waals surface area contributed by atoms with Gasteiger partial charge in [-0.3, -0.25) is 9.59 Å². The van der Waals surface area contributed by atoms with Crippen LogP contribution in [0, 0.1) is 13.8 Å². The summed E-state index contributed by atoms with van der Waals surface area (Å²) in [6, 6.07) is 9.71. The van der Waals surface area contributed by atoms with Gasteiger partial charge >= 0.3 is 0 Å². The summed E-state index contributed by atoms with van der Waals surface area (Å²) >= 11 is 0. The first-order chi connectivity index (χ1) is 14.0. The predicted molar refractivity (Wildman–Crippen MR) is 111 cm³/mol. The molecule has 2 aliphatic heterocycles. The van der Waals surface area contributed by atoms with Crippen molar-refractivity contribution < 1.29 is 9.59 Å². The summed E-state index contributed by atoms with van der Waals surface area (Å²) in [6.45, 7) is 6.65. The van der Waals surface area contributed by atoms with Crippen molar-refractivity contribution in [1.29, 1.82) is 0 Å². The number of hydrogen-bond acceptors (Lipinski definition) is 6. The molecule has 1 aromatic heterocycles. The fourth-order valence-corrected chi connectivity index (χ4v) is 3.71. The molecular weight excluding hydrogens is 368 g/mol. The zero-order valence-corrected chi connectivity index (χ0v) is 16.8. The molecule has 2 aromatic rings. The molecule has 0 aliphatic carbocycles. The zero-order valence-electron chi connectivity index (χ0n) is 16.8. The monoisotopic (exact) mass is 394 g/mol. The van der Waals surface area contributed by atoms with Gasteiger partial charge in [-0.1, -0.05) is 17.7 Å². The second-order valence-corrected chi connectivity index (χ2v) is 7.65. The highest BCUT2D eigenvalue weighted by Gasteiger charge is 2.32. The Bertz CT molecular complexity index is 906. The van der Waals surface area contributed by atoms with Crippen LogP contribution in [0.2, 0.25) is 0 Å². The number of anilines is 3. The second kappa shape index (κ2) is 8.06. The molecule has 1 atom stereocenters. The van der Waals surface area contributed by atoms with E-state index in [9.17, 15) is 9.59 Å². The van der Waals surface area contributed by atoms with Gasteiger partial charge in [-0.2, -0.15) is 4.98 Å². The Hall–Kier alpha value is -3.16. The third kappa shape index (κ3) is 4.47. The number of piperazine rings is 1. The maximum atomic E-state index is 12.6.